The van der Waals surface area contributed by atoms with Crippen LogP contribution in [-0.2, 0) is 11.2 Å². The fourth-order valence-electron chi connectivity index (χ4n) is 1.23. The number of nitrogens with one attached hydrogen (secondary N) is 1. The summed E-state index contributed by atoms with van der Waals surface area (Å²) in [6, 6.07) is 5.08. The van der Waals surface area contributed by atoms with E-state index in [0.717, 1.165) is 5.56 Å². The van der Waals surface area contributed by atoms with E-state index in [2.05, 4.69) is 5.32 Å². The SMILES string of the molecule is CC(C)(N)CNC(=O)Cc1ccc(Cl)cc1Cl. The lowest BCUT2D eigenvalue weighted by Crippen LogP contribution is -2.45. The minimum absolute atomic E-state index is 0.104. The quantitative estimate of drug-likeness (QED) is 0.886. The van der Waals surface area contributed by atoms with Crippen molar-refractivity contribution in [2.75, 3.05) is 6.54 Å². The molecule has 3 nitrogen and oxygen atoms in total. The molecule has 0 fully saturated rings. The van der Waals surface area contributed by atoms with E-state index in [1.807, 2.05) is 13.8 Å². The Hall–Kier alpha value is -0.770. The van der Waals surface area contributed by atoms with Crippen LogP contribution in [0.25, 0.3) is 0 Å². The summed E-state index contributed by atoms with van der Waals surface area (Å²) in [7, 11) is 0. The number of benzene rings is 1. The van der Waals surface area contributed by atoms with Crippen LogP contribution in [0.5, 0.6) is 0 Å². The second-order valence-corrected chi connectivity index (χ2v) is 5.52. The Labute approximate surface area is 111 Å². The van der Waals surface area contributed by atoms with E-state index < -0.39 is 5.54 Å². The molecule has 0 aliphatic heterocycles. The summed E-state index contributed by atoms with van der Waals surface area (Å²) < 4.78 is 0. The van der Waals surface area contributed by atoms with Gasteiger partial charge in [-0.05, 0) is 31.5 Å². The predicted molar refractivity (Wildman–Crippen MR) is 71.4 cm³/mol. The summed E-state index contributed by atoms with van der Waals surface area (Å²) in [6.45, 7) is 4.13. The van der Waals surface area contributed by atoms with Crippen LogP contribution in [0.2, 0.25) is 10.0 Å². The lowest BCUT2D eigenvalue weighted by Gasteiger charge is -2.19. The number of carbonyl (C=O) groups excluding carboxylic acids is 1. The van der Waals surface area contributed by atoms with Crippen molar-refractivity contribution >= 4 is 29.1 Å². The maximum Gasteiger partial charge on any atom is 0.224 e. The van der Waals surface area contributed by atoms with Crippen LogP contribution in [0.1, 0.15) is 19.4 Å². The van der Waals surface area contributed by atoms with Crippen LogP contribution in [0.4, 0.5) is 0 Å². The molecule has 0 saturated carbocycles. The van der Waals surface area contributed by atoms with Crippen molar-refractivity contribution in [3.63, 3.8) is 0 Å². The van der Waals surface area contributed by atoms with E-state index in [1.165, 1.54) is 0 Å². The minimum atomic E-state index is -0.417. The van der Waals surface area contributed by atoms with E-state index in [0.29, 0.717) is 16.6 Å². The van der Waals surface area contributed by atoms with Crippen LogP contribution in [0.3, 0.4) is 0 Å². The Bertz CT molecular complexity index is 413. The first-order chi connectivity index (χ1) is 7.78. The monoisotopic (exact) mass is 274 g/mol. The van der Waals surface area contributed by atoms with Crippen molar-refractivity contribution in [2.45, 2.75) is 25.8 Å². The molecular weight excluding hydrogens is 259 g/mol. The van der Waals surface area contributed by atoms with Crippen molar-refractivity contribution < 1.29 is 4.79 Å². The molecule has 0 aromatic heterocycles. The Morgan fingerprint density at radius 2 is 2.06 bits per heavy atom. The molecule has 5 heteroatoms. The summed E-state index contributed by atoms with van der Waals surface area (Å²) in [4.78, 5) is 11.6. The molecule has 0 aliphatic rings. The van der Waals surface area contributed by atoms with Gasteiger partial charge in [0.1, 0.15) is 0 Å². The first-order valence-electron chi connectivity index (χ1n) is 5.27. The number of hydrogen-bond donors (Lipinski definition) is 2. The van der Waals surface area contributed by atoms with E-state index in [1.54, 1.807) is 18.2 Å². The third-order valence-corrected chi connectivity index (χ3v) is 2.69. The first-order valence-corrected chi connectivity index (χ1v) is 6.03. The molecule has 0 aliphatic carbocycles. The molecule has 94 valence electrons. The average Bonchev–Trinajstić information content (AvgIpc) is 2.18. The molecular formula is C12H16Cl2N2O. The number of amides is 1. The molecule has 1 aromatic carbocycles. The molecule has 0 atom stereocenters. The van der Waals surface area contributed by atoms with Gasteiger partial charge in [0.2, 0.25) is 5.91 Å². The number of nitrogens with two attached hydrogens (primary N) is 1. The summed E-state index contributed by atoms with van der Waals surface area (Å²) in [6.07, 6.45) is 0.228. The van der Waals surface area contributed by atoms with Crippen molar-refractivity contribution in [2.24, 2.45) is 5.73 Å². The molecule has 0 radical (unpaired) electrons. The van der Waals surface area contributed by atoms with Gasteiger partial charge in [0.05, 0.1) is 6.42 Å². The Balaban J connectivity index is 2.57. The molecule has 0 unspecified atom stereocenters. The second kappa shape index (κ2) is 5.71. The maximum absolute atomic E-state index is 11.6. The lowest BCUT2D eigenvalue weighted by molar-refractivity contribution is -0.120. The highest BCUT2D eigenvalue weighted by atomic mass is 35.5. The van der Waals surface area contributed by atoms with E-state index in [9.17, 15) is 4.79 Å². The Morgan fingerprint density at radius 1 is 1.41 bits per heavy atom. The van der Waals surface area contributed by atoms with Crippen LogP contribution >= 0.6 is 23.2 Å². The topological polar surface area (TPSA) is 55.1 Å². The zero-order valence-corrected chi connectivity index (χ0v) is 11.4. The smallest absolute Gasteiger partial charge is 0.224 e. The van der Waals surface area contributed by atoms with Gasteiger partial charge in [-0.25, -0.2) is 0 Å². The van der Waals surface area contributed by atoms with Crippen LogP contribution < -0.4 is 11.1 Å². The normalized spacial score (nSPS) is 11.4. The van der Waals surface area contributed by atoms with Gasteiger partial charge in [-0.1, -0.05) is 29.3 Å². The molecule has 0 bridgehead atoms. The number of hydrogen-bond acceptors (Lipinski definition) is 2. The van der Waals surface area contributed by atoms with Crippen molar-refractivity contribution in [3.8, 4) is 0 Å². The van der Waals surface area contributed by atoms with Gasteiger partial charge in [0.25, 0.3) is 0 Å². The predicted octanol–water partition coefficient (Wildman–Crippen LogP) is 2.39. The third-order valence-electron chi connectivity index (χ3n) is 2.11. The largest absolute Gasteiger partial charge is 0.354 e. The van der Waals surface area contributed by atoms with Gasteiger partial charge in [-0.15, -0.1) is 0 Å². The highest BCUT2D eigenvalue weighted by Gasteiger charge is 2.13. The van der Waals surface area contributed by atoms with Crippen molar-refractivity contribution in [3.05, 3.63) is 33.8 Å². The van der Waals surface area contributed by atoms with E-state index >= 15 is 0 Å². The van der Waals surface area contributed by atoms with Crippen LogP contribution in [-0.4, -0.2) is 18.0 Å². The molecule has 1 aromatic rings. The summed E-state index contributed by atoms with van der Waals surface area (Å²) in [5.41, 5.74) is 6.10. The Morgan fingerprint density at radius 3 is 2.59 bits per heavy atom. The maximum atomic E-state index is 11.6. The second-order valence-electron chi connectivity index (χ2n) is 4.68. The number of carbonyl (C=O) groups is 1. The van der Waals surface area contributed by atoms with Crippen LogP contribution in [0, 0.1) is 0 Å². The fourth-order valence-corrected chi connectivity index (χ4v) is 1.70. The molecule has 1 amide bonds. The van der Waals surface area contributed by atoms with Gasteiger partial charge < -0.3 is 11.1 Å². The van der Waals surface area contributed by atoms with Gasteiger partial charge in [0.15, 0.2) is 0 Å². The van der Waals surface area contributed by atoms with Crippen molar-refractivity contribution in [1.82, 2.24) is 5.32 Å². The van der Waals surface area contributed by atoms with Gasteiger partial charge >= 0.3 is 0 Å². The van der Waals surface area contributed by atoms with Gasteiger partial charge in [-0.2, -0.15) is 0 Å². The fraction of sp³-hybridized carbons (Fsp3) is 0.417. The van der Waals surface area contributed by atoms with Gasteiger partial charge in [-0.3, -0.25) is 4.79 Å². The summed E-state index contributed by atoms with van der Waals surface area (Å²) in [5, 5.41) is 3.81. The minimum Gasteiger partial charge on any atom is -0.354 e. The molecule has 1 rings (SSSR count). The standard InChI is InChI=1S/C12H16Cl2N2O/c1-12(2,15)7-16-11(17)5-8-3-4-9(13)6-10(8)14/h3-4,6H,5,7,15H2,1-2H3,(H,16,17). The van der Waals surface area contributed by atoms with Crippen LogP contribution in [0.15, 0.2) is 18.2 Å². The molecule has 17 heavy (non-hydrogen) atoms. The Kier molecular flexibility index (Phi) is 4.80. The number of rotatable bonds is 4. The highest BCUT2D eigenvalue weighted by molar-refractivity contribution is 6.35. The molecule has 0 heterocycles. The van der Waals surface area contributed by atoms with E-state index in [-0.39, 0.29) is 12.3 Å². The summed E-state index contributed by atoms with van der Waals surface area (Å²) >= 11 is 11.7. The molecule has 0 saturated heterocycles. The van der Waals surface area contributed by atoms with Crippen molar-refractivity contribution in [1.29, 1.82) is 0 Å². The summed E-state index contributed by atoms with van der Waals surface area (Å²) in [5.74, 6) is -0.104. The lowest BCUT2D eigenvalue weighted by atomic mass is 10.1. The first kappa shape index (κ1) is 14.3. The highest BCUT2D eigenvalue weighted by Crippen LogP contribution is 2.21. The van der Waals surface area contributed by atoms with Gasteiger partial charge in [0, 0.05) is 22.1 Å². The zero-order valence-electron chi connectivity index (χ0n) is 9.89. The molecule has 3 N–H and O–H groups in total. The zero-order chi connectivity index (χ0) is 13.1. The third kappa shape index (κ3) is 5.39. The average molecular weight is 275 g/mol. The molecule has 0 spiro atoms. The van der Waals surface area contributed by atoms with E-state index in [4.69, 9.17) is 28.9 Å². The number of halogens is 2.